The largest absolute Gasteiger partial charge is 0.693 e. The molecule has 0 aromatic carbocycles. The second kappa shape index (κ2) is 70.3. The molecule has 6 N–H and O–H groups in total. The Bertz CT molecular complexity index is 197. The number of hydrogen-bond acceptors (Lipinski definition) is 2. The number of rotatable bonds is 0. The summed E-state index contributed by atoms with van der Waals surface area (Å²) >= 11 is 4.22. The number of nitrogens with zero attached hydrogens (tertiary/aromatic N) is 4. The van der Waals surface area contributed by atoms with Crippen molar-refractivity contribution in [3.8, 4) is 9.94 Å². The van der Waals surface area contributed by atoms with E-state index in [2.05, 4.69) is 42.7 Å². The van der Waals surface area contributed by atoms with Gasteiger partial charge in [-0.3, -0.25) is 0 Å². The molecule has 1 heterocycles. The zero-order valence-corrected chi connectivity index (χ0v) is 30.0. The molecule has 0 fully saturated rings. The Morgan fingerprint density at radius 1 is 0.632 bits per heavy atom. The molecule has 0 spiro atoms. The molecule has 0 aromatic heterocycles. The van der Waals surface area contributed by atoms with E-state index in [0.717, 1.165) is 0 Å². The Kier molecular flexibility index (Phi) is 213. The zero-order chi connectivity index (χ0) is 9.66. The summed E-state index contributed by atoms with van der Waals surface area (Å²) in [6.07, 6.45) is 6.56. The summed E-state index contributed by atoms with van der Waals surface area (Å²) in [6.45, 7) is 0. The molecule has 19 heavy (non-hydrogen) atoms. The molecule has 0 saturated heterocycles. The van der Waals surface area contributed by atoms with Gasteiger partial charge in [0, 0.05) is 109 Å². The van der Waals surface area contributed by atoms with Crippen LogP contribution in [-0.2, 0) is 109 Å². The van der Waals surface area contributed by atoms with Crippen molar-refractivity contribution in [2.24, 2.45) is 0 Å². The maximum absolute atomic E-state index is 7.26. The molecule has 0 atom stereocenters. The third kappa shape index (κ3) is 95.9. The van der Waals surface area contributed by atoms with E-state index >= 15 is 0 Å². The monoisotopic (exact) mass is 796 g/mol. The molecule has 0 aliphatic carbocycles. The fourth-order valence-electron chi connectivity index (χ4n) is 0.253. The predicted molar refractivity (Wildman–Crippen MR) is 63.6 cm³/mol. The summed E-state index contributed by atoms with van der Waals surface area (Å²) in [5, 5.41) is 22.0. The van der Waals surface area contributed by atoms with Crippen LogP contribution in [0.15, 0.2) is 24.8 Å². The van der Waals surface area contributed by atoms with Crippen LogP contribution in [0.3, 0.4) is 0 Å². The third-order valence-corrected chi connectivity index (χ3v) is 0.478. The van der Waals surface area contributed by atoms with Gasteiger partial charge in [0.1, 0.15) is 0 Å². The molecule has 0 aromatic rings. The predicted octanol–water partition coefficient (Wildman–Crippen LogP) is 3.10. The molecule has 0 bridgehead atoms. The van der Waals surface area contributed by atoms with Crippen molar-refractivity contribution in [3.05, 3.63) is 53.9 Å². The van der Waals surface area contributed by atoms with Gasteiger partial charge >= 0.3 is 52.5 Å². The third-order valence-electron chi connectivity index (χ3n) is 0.478. The van der Waals surface area contributed by atoms with Crippen molar-refractivity contribution >= 4 is 32.0 Å². The smallest absolute Gasteiger partial charge is 0 e. The van der Waals surface area contributed by atoms with E-state index < -0.39 is 0 Å². The zero-order valence-electron chi connectivity index (χ0n) is 10.5. The van der Waals surface area contributed by atoms with Crippen LogP contribution in [0.4, 0.5) is 0 Å². The fraction of sp³-hybridized carbons (Fsp3) is 0. The minimum absolute atomic E-state index is 0. The first kappa shape index (κ1) is 57.7. The average molecular weight is 788 g/mol. The molecule has 13 heteroatoms. The van der Waals surface area contributed by atoms with Crippen LogP contribution in [0.1, 0.15) is 0 Å². The van der Waals surface area contributed by atoms with Gasteiger partial charge in [-0.2, -0.15) is 24.8 Å². The molecule has 94 valence electrons. The van der Waals surface area contributed by atoms with Gasteiger partial charge in [0.05, 0.1) is 0 Å². The summed E-state index contributed by atoms with van der Waals surface area (Å²) < 4.78 is 0. The molecular weight excluding hydrogens is 778 g/mol. The quantitative estimate of drug-likeness (QED) is 0.344. The second-order valence-electron chi connectivity index (χ2n) is 1.08. The van der Waals surface area contributed by atoms with Gasteiger partial charge in [-0.05, 0) is 0 Å². The standard InChI is InChI=1S/C4H4N2.2CNSe.4Cd.3H2N/c1-2-6-4-3-5-1;2*2-1-3;;;;;;;/h1-4H;;;;;;;3*1H2/q-2;;;;;;;3*-1. The fourth-order valence-corrected chi connectivity index (χ4v) is 0.253. The van der Waals surface area contributed by atoms with Crippen LogP contribution >= 0.6 is 0 Å². The van der Waals surface area contributed by atoms with Crippen LogP contribution in [0.2, 0.25) is 0 Å². The van der Waals surface area contributed by atoms with Crippen LogP contribution in [0.25, 0.3) is 29.1 Å². The van der Waals surface area contributed by atoms with E-state index in [1.807, 2.05) is 0 Å². The van der Waals surface area contributed by atoms with Gasteiger partial charge in [-0.1, -0.05) is 0 Å². The summed E-state index contributed by atoms with van der Waals surface area (Å²) in [5.74, 6) is 0. The normalized spacial score (nSPS) is 5.79. The topological polar surface area (TPSA) is 176 Å². The minimum atomic E-state index is 0. The molecule has 1 aliphatic rings. The Hall–Kier alpha value is 2.67. The van der Waals surface area contributed by atoms with E-state index in [4.69, 9.17) is 10.5 Å². The van der Waals surface area contributed by atoms with Crippen LogP contribution in [0.5, 0.6) is 0 Å². The summed E-state index contributed by atoms with van der Waals surface area (Å²) in [5.41, 5.74) is 0. The van der Waals surface area contributed by atoms with E-state index in [1.54, 1.807) is 34.7 Å². The molecular formula is C6H10Cd4N7Se2-5. The minimum Gasteiger partial charge on any atom is -0.693 e. The van der Waals surface area contributed by atoms with Crippen molar-refractivity contribution in [1.82, 2.24) is 0 Å². The van der Waals surface area contributed by atoms with Crippen molar-refractivity contribution in [2.75, 3.05) is 0 Å². The Morgan fingerprint density at radius 2 is 0.737 bits per heavy atom. The number of nitriles is 2. The molecule has 1 rings (SSSR count). The first-order valence-electron chi connectivity index (χ1n) is 2.55. The molecule has 1 aliphatic heterocycles. The van der Waals surface area contributed by atoms with Crippen LogP contribution in [0, 0.1) is 20.5 Å². The maximum atomic E-state index is 7.26. The SMILES string of the molecule is C1=C[N-]C=C[N-]1.N#C[Se].N#C[Se].[Cd].[Cd].[Cd].[Cd].[NH2-].[NH2-].[NH2-]. The molecule has 2 radical (unpaired) electrons. The van der Waals surface area contributed by atoms with E-state index in [0.29, 0.717) is 0 Å². The summed E-state index contributed by atoms with van der Waals surface area (Å²) in [6, 6.07) is 0. The van der Waals surface area contributed by atoms with Gasteiger partial charge in [0.2, 0.25) is 0 Å². The maximum Gasteiger partial charge on any atom is 0 e. The summed E-state index contributed by atoms with van der Waals surface area (Å²) in [7, 11) is 0. The first-order valence-corrected chi connectivity index (χ1v) is 4.27. The van der Waals surface area contributed by atoms with Gasteiger partial charge in [0.25, 0.3) is 0 Å². The number of hydrogen-bond donors (Lipinski definition) is 0. The van der Waals surface area contributed by atoms with Gasteiger partial charge in [-0.25, -0.2) is 0 Å². The van der Waals surface area contributed by atoms with Crippen LogP contribution < -0.4 is 0 Å². The van der Waals surface area contributed by atoms with Gasteiger partial charge < -0.3 is 29.1 Å². The Balaban J connectivity index is -0.0000000102. The first-order chi connectivity index (χ1) is 5.83. The van der Waals surface area contributed by atoms with Crippen molar-refractivity contribution in [2.45, 2.75) is 0 Å². The Morgan fingerprint density at radius 3 is 0.789 bits per heavy atom. The number of nitrogens with two attached hydrogens (primary N) is 3. The van der Waals surface area contributed by atoms with Crippen molar-refractivity contribution in [3.63, 3.8) is 0 Å². The molecule has 0 amide bonds. The molecule has 7 nitrogen and oxygen atoms in total. The second-order valence-corrected chi connectivity index (χ2v) is 1.84. The Labute approximate surface area is 211 Å². The van der Waals surface area contributed by atoms with Crippen molar-refractivity contribution < 1.29 is 109 Å². The summed E-state index contributed by atoms with van der Waals surface area (Å²) in [4.78, 5) is 3.25. The van der Waals surface area contributed by atoms with E-state index in [9.17, 15) is 0 Å². The van der Waals surface area contributed by atoms with E-state index in [-0.39, 0.29) is 128 Å². The molecule has 0 unspecified atom stereocenters. The van der Waals surface area contributed by atoms with Crippen LogP contribution in [-0.4, -0.2) is 32.0 Å². The average Bonchev–Trinajstić information content (AvgIpc) is 2.10. The van der Waals surface area contributed by atoms with Gasteiger partial charge in [0.15, 0.2) is 0 Å². The van der Waals surface area contributed by atoms with E-state index in [1.165, 1.54) is 0 Å². The van der Waals surface area contributed by atoms with Gasteiger partial charge in [-0.15, -0.1) is 0 Å². The molecule has 0 saturated carbocycles. The van der Waals surface area contributed by atoms with Crippen molar-refractivity contribution in [1.29, 1.82) is 10.5 Å².